The molecule has 84 valence electrons. The molecule has 1 N–H and O–H groups in total. The van der Waals surface area contributed by atoms with E-state index in [-0.39, 0.29) is 17.4 Å². The molecule has 0 bridgehead atoms. The van der Waals surface area contributed by atoms with Gasteiger partial charge in [-0.25, -0.2) is 0 Å². The van der Waals surface area contributed by atoms with Crippen LogP contribution in [-0.4, -0.2) is 11.7 Å². The van der Waals surface area contributed by atoms with Crippen LogP contribution in [0.4, 0.5) is 0 Å². The van der Waals surface area contributed by atoms with Crippen molar-refractivity contribution in [2.24, 2.45) is 11.3 Å². The molecule has 2 aliphatic rings. The van der Waals surface area contributed by atoms with Crippen molar-refractivity contribution in [3.05, 3.63) is 48.0 Å². The van der Waals surface area contributed by atoms with Gasteiger partial charge in [-0.1, -0.05) is 37.3 Å². The number of rotatable bonds is 2. The molecule has 16 heavy (non-hydrogen) atoms. The average molecular weight is 214 g/mol. The second kappa shape index (κ2) is 2.98. The molecule has 1 aromatic carbocycles. The second-order valence-electron chi connectivity index (χ2n) is 5.53. The second-order valence-corrected chi connectivity index (χ2v) is 5.53. The van der Waals surface area contributed by atoms with Crippen LogP contribution in [0.3, 0.4) is 0 Å². The molecular formula is C15H18O. The lowest BCUT2D eigenvalue weighted by molar-refractivity contribution is -0.0753. The summed E-state index contributed by atoms with van der Waals surface area (Å²) in [6.45, 7) is 6.49. The maximum atomic E-state index is 9.84. The van der Waals surface area contributed by atoms with Crippen molar-refractivity contribution in [2.75, 3.05) is 6.61 Å². The summed E-state index contributed by atoms with van der Waals surface area (Å²) in [4.78, 5) is 0. The first kappa shape index (κ1) is 10.1. The summed E-state index contributed by atoms with van der Waals surface area (Å²) in [6, 6.07) is 8.64. The van der Waals surface area contributed by atoms with E-state index in [1.165, 1.54) is 11.1 Å². The van der Waals surface area contributed by atoms with Gasteiger partial charge < -0.3 is 5.11 Å². The van der Waals surface area contributed by atoms with Crippen LogP contribution >= 0.6 is 0 Å². The minimum atomic E-state index is 0.0262. The highest BCUT2D eigenvalue weighted by Crippen LogP contribution is 2.67. The van der Waals surface area contributed by atoms with Crippen LogP contribution in [-0.2, 0) is 11.8 Å². The molecule has 0 saturated heterocycles. The molecule has 1 nitrogen and oxygen atoms in total. The predicted molar refractivity (Wildman–Crippen MR) is 65.3 cm³/mol. The van der Waals surface area contributed by atoms with Gasteiger partial charge in [-0.2, -0.15) is 0 Å². The summed E-state index contributed by atoms with van der Waals surface area (Å²) >= 11 is 0. The number of hydrogen-bond donors (Lipinski definition) is 1. The molecule has 0 aromatic heterocycles. The third kappa shape index (κ3) is 0.871. The first-order chi connectivity index (χ1) is 7.68. The van der Waals surface area contributed by atoms with Crippen LogP contribution in [0, 0.1) is 11.3 Å². The number of hydrogen-bond acceptors (Lipinski definition) is 1. The van der Waals surface area contributed by atoms with Gasteiger partial charge in [0.1, 0.15) is 0 Å². The average Bonchev–Trinajstić information content (AvgIpc) is 2.50. The van der Waals surface area contributed by atoms with Gasteiger partial charge >= 0.3 is 0 Å². The maximum Gasteiger partial charge on any atom is 0.0504 e. The minimum absolute atomic E-state index is 0.0262. The Kier molecular flexibility index (Phi) is 1.88. The molecular weight excluding hydrogens is 196 g/mol. The van der Waals surface area contributed by atoms with Crippen LogP contribution in [0.5, 0.6) is 0 Å². The normalized spacial score (nSPS) is 39.8. The largest absolute Gasteiger partial charge is 0.396 e. The molecule has 2 aliphatic carbocycles. The van der Waals surface area contributed by atoms with E-state index in [2.05, 4.69) is 37.8 Å². The maximum absolute atomic E-state index is 9.84. The summed E-state index contributed by atoms with van der Waals surface area (Å²) in [5, 5.41) is 9.84. The monoisotopic (exact) mass is 214 g/mol. The zero-order valence-electron chi connectivity index (χ0n) is 9.74. The zero-order chi connectivity index (χ0) is 11.4. The standard InChI is InChI=1S/C15H18O/c1-3-12-9-14(2)13-7-5-4-6-11(13)8-15(12,14)10-16/h3-7,12,16H,1,8-10H2,2H3/t12-,14-,15+/m1/s1. The molecule has 0 amide bonds. The van der Waals surface area contributed by atoms with Gasteiger partial charge in [-0.3, -0.25) is 0 Å². The number of aliphatic hydroxyl groups excluding tert-OH is 1. The Balaban J connectivity index is 2.14. The lowest BCUT2D eigenvalue weighted by Gasteiger charge is -2.59. The highest BCUT2D eigenvalue weighted by Gasteiger charge is 2.65. The SMILES string of the molecule is C=C[C@@H]1C[C@]2(C)c3ccccc3C[C@]12CO. The fraction of sp³-hybridized carbons (Fsp3) is 0.467. The molecule has 1 aromatic rings. The fourth-order valence-electron chi connectivity index (χ4n) is 4.03. The van der Waals surface area contributed by atoms with E-state index in [9.17, 15) is 5.11 Å². The molecule has 0 heterocycles. The van der Waals surface area contributed by atoms with Gasteiger partial charge in [0.05, 0.1) is 6.61 Å². The van der Waals surface area contributed by atoms with Crippen molar-refractivity contribution in [3.63, 3.8) is 0 Å². The smallest absolute Gasteiger partial charge is 0.0504 e. The van der Waals surface area contributed by atoms with E-state index in [1.807, 2.05) is 6.08 Å². The Morgan fingerprint density at radius 2 is 2.25 bits per heavy atom. The molecule has 0 unspecified atom stereocenters. The highest BCUT2D eigenvalue weighted by atomic mass is 16.3. The van der Waals surface area contributed by atoms with E-state index in [1.54, 1.807) is 0 Å². The molecule has 0 aliphatic heterocycles. The van der Waals surface area contributed by atoms with Gasteiger partial charge in [-0.05, 0) is 29.9 Å². The zero-order valence-corrected chi connectivity index (χ0v) is 9.74. The van der Waals surface area contributed by atoms with Crippen LogP contribution in [0.15, 0.2) is 36.9 Å². The predicted octanol–water partition coefficient (Wildman–Crippen LogP) is 2.69. The van der Waals surface area contributed by atoms with Crippen molar-refractivity contribution in [2.45, 2.75) is 25.2 Å². The Morgan fingerprint density at radius 1 is 1.50 bits per heavy atom. The van der Waals surface area contributed by atoms with Crippen LogP contribution in [0.2, 0.25) is 0 Å². The summed E-state index contributed by atoms with van der Waals surface area (Å²) in [7, 11) is 0. The molecule has 0 spiro atoms. The molecule has 1 heteroatoms. The van der Waals surface area contributed by atoms with Crippen molar-refractivity contribution in [1.29, 1.82) is 0 Å². The Labute approximate surface area is 96.8 Å². The first-order valence-corrected chi connectivity index (χ1v) is 6.00. The number of fused-ring (bicyclic) bond motifs is 3. The van der Waals surface area contributed by atoms with Crippen LogP contribution in [0.25, 0.3) is 0 Å². The highest BCUT2D eigenvalue weighted by molar-refractivity contribution is 5.48. The minimum Gasteiger partial charge on any atom is -0.396 e. The van der Waals surface area contributed by atoms with Crippen molar-refractivity contribution < 1.29 is 5.11 Å². The van der Waals surface area contributed by atoms with Gasteiger partial charge in [-0.15, -0.1) is 6.58 Å². The van der Waals surface area contributed by atoms with Gasteiger partial charge in [0.25, 0.3) is 0 Å². The topological polar surface area (TPSA) is 20.2 Å². The third-order valence-corrected chi connectivity index (χ3v) is 5.12. The fourth-order valence-corrected chi connectivity index (χ4v) is 4.03. The number of allylic oxidation sites excluding steroid dienone is 1. The lowest BCUT2D eigenvalue weighted by Crippen LogP contribution is -2.58. The third-order valence-electron chi connectivity index (χ3n) is 5.12. The molecule has 0 radical (unpaired) electrons. The number of aliphatic hydroxyl groups is 1. The Morgan fingerprint density at radius 3 is 2.94 bits per heavy atom. The Bertz CT molecular complexity index is 451. The van der Waals surface area contributed by atoms with Crippen LogP contribution in [0.1, 0.15) is 24.5 Å². The first-order valence-electron chi connectivity index (χ1n) is 6.00. The van der Waals surface area contributed by atoms with Gasteiger partial charge in [0, 0.05) is 10.8 Å². The Hall–Kier alpha value is -1.08. The van der Waals surface area contributed by atoms with Crippen LogP contribution < -0.4 is 0 Å². The van der Waals surface area contributed by atoms with Crippen molar-refractivity contribution >= 4 is 0 Å². The quantitative estimate of drug-likeness (QED) is 0.750. The molecule has 1 fully saturated rings. The summed E-state index contributed by atoms with van der Waals surface area (Å²) in [5.74, 6) is 0.468. The van der Waals surface area contributed by atoms with E-state index in [0.717, 1.165) is 12.8 Å². The summed E-state index contributed by atoms with van der Waals surface area (Å²) < 4.78 is 0. The molecule has 3 rings (SSSR count). The molecule has 3 atom stereocenters. The van der Waals surface area contributed by atoms with Gasteiger partial charge in [0.15, 0.2) is 0 Å². The van der Waals surface area contributed by atoms with Crippen molar-refractivity contribution in [1.82, 2.24) is 0 Å². The molecule has 1 saturated carbocycles. The summed E-state index contributed by atoms with van der Waals surface area (Å²) in [6.07, 6.45) is 4.17. The summed E-state index contributed by atoms with van der Waals surface area (Å²) in [5.41, 5.74) is 3.06. The van der Waals surface area contributed by atoms with E-state index < -0.39 is 0 Å². The number of benzene rings is 1. The van der Waals surface area contributed by atoms with E-state index in [0.29, 0.717) is 5.92 Å². The van der Waals surface area contributed by atoms with Gasteiger partial charge in [0.2, 0.25) is 0 Å². The van der Waals surface area contributed by atoms with Crippen molar-refractivity contribution in [3.8, 4) is 0 Å². The van der Waals surface area contributed by atoms with E-state index >= 15 is 0 Å². The van der Waals surface area contributed by atoms with E-state index in [4.69, 9.17) is 0 Å². The lowest BCUT2D eigenvalue weighted by atomic mass is 9.45.